The summed E-state index contributed by atoms with van der Waals surface area (Å²) in [5.74, 6) is -2.52. The van der Waals surface area contributed by atoms with Crippen molar-refractivity contribution in [3.63, 3.8) is 0 Å². The second-order valence-electron chi connectivity index (χ2n) is 5.97. The van der Waals surface area contributed by atoms with Crippen molar-refractivity contribution in [2.24, 2.45) is 7.05 Å². The standard InChI is InChI=1S/C17H17BrF3N3O5S/c1-5-6-29-15(26)8-7(2)11(16(27)28-4)30-14(8)22-13(25)10-9(18)12(17(19,20)21)24(3)23-10/h5-6H2,1-4H3,(H,22,25). The molecule has 0 aromatic carbocycles. The van der Waals surface area contributed by atoms with Gasteiger partial charge in [-0.3, -0.25) is 9.48 Å². The Bertz CT molecular complexity index is 1000. The molecule has 164 valence electrons. The molecule has 1 N–H and O–H groups in total. The first kappa shape index (κ1) is 23.9. The Morgan fingerprint density at radius 3 is 2.40 bits per heavy atom. The Morgan fingerprint density at radius 1 is 1.27 bits per heavy atom. The minimum absolute atomic E-state index is 0.0484. The molecule has 13 heteroatoms. The van der Waals surface area contributed by atoms with Crippen LogP contribution in [0, 0.1) is 6.92 Å². The van der Waals surface area contributed by atoms with Crippen molar-refractivity contribution in [2.75, 3.05) is 19.0 Å². The van der Waals surface area contributed by atoms with Gasteiger partial charge in [-0.1, -0.05) is 6.92 Å². The summed E-state index contributed by atoms with van der Waals surface area (Å²) in [7, 11) is 2.20. The third-order valence-corrected chi connectivity index (χ3v) is 5.80. The maximum Gasteiger partial charge on any atom is 0.434 e. The van der Waals surface area contributed by atoms with Gasteiger partial charge in [-0.05, 0) is 34.8 Å². The highest BCUT2D eigenvalue weighted by molar-refractivity contribution is 9.10. The van der Waals surface area contributed by atoms with Gasteiger partial charge in [0.05, 0.1) is 23.8 Å². The zero-order chi connectivity index (χ0) is 22.8. The zero-order valence-electron chi connectivity index (χ0n) is 16.3. The van der Waals surface area contributed by atoms with Crippen molar-refractivity contribution in [2.45, 2.75) is 26.4 Å². The number of alkyl halides is 3. The van der Waals surface area contributed by atoms with Crippen molar-refractivity contribution in [1.29, 1.82) is 0 Å². The van der Waals surface area contributed by atoms with Crippen LogP contribution >= 0.6 is 27.3 Å². The van der Waals surface area contributed by atoms with Crippen LogP contribution in [0.25, 0.3) is 0 Å². The smallest absolute Gasteiger partial charge is 0.434 e. The SMILES string of the molecule is CCCOC(=O)c1c(NC(=O)c2nn(C)c(C(F)(F)F)c2Br)sc(C(=O)OC)c1C. The van der Waals surface area contributed by atoms with E-state index in [0.717, 1.165) is 25.5 Å². The molecule has 0 bridgehead atoms. The van der Waals surface area contributed by atoms with E-state index in [1.807, 2.05) is 0 Å². The highest BCUT2D eigenvalue weighted by Gasteiger charge is 2.40. The number of thiophene rings is 1. The normalized spacial score (nSPS) is 11.3. The Morgan fingerprint density at radius 2 is 1.90 bits per heavy atom. The molecule has 0 unspecified atom stereocenters. The maximum atomic E-state index is 13.2. The number of methoxy groups -OCH3 is 1. The lowest BCUT2D eigenvalue weighted by atomic mass is 10.1. The molecule has 0 spiro atoms. The van der Waals surface area contributed by atoms with Gasteiger partial charge in [0.25, 0.3) is 5.91 Å². The number of esters is 2. The number of halogens is 4. The molecule has 30 heavy (non-hydrogen) atoms. The number of carbonyl (C=O) groups is 3. The van der Waals surface area contributed by atoms with E-state index in [-0.39, 0.29) is 27.6 Å². The van der Waals surface area contributed by atoms with Crippen molar-refractivity contribution in [1.82, 2.24) is 9.78 Å². The van der Waals surface area contributed by atoms with E-state index in [1.165, 1.54) is 6.92 Å². The number of aromatic nitrogens is 2. The second-order valence-corrected chi connectivity index (χ2v) is 7.79. The van der Waals surface area contributed by atoms with E-state index >= 15 is 0 Å². The van der Waals surface area contributed by atoms with Gasteiger partial charge >= 0.3 is 18.1 Å². The maximum absolute atomic E-state index is 13.2. The highest BCUT2D eigenvalue weighted by atomic mass is 79.9. The topological polar surface area (TPSA) is 99.5 Å². The fraction of sp³-hybridized carbons (Fsp3) is 0.412. The number of amides is 1. The monoisotopic (exact) mass is 511 g/mol. The number of ether oxygens (including phenoxy) is 2. The number of aryl methyl sites for hydroxylation is 1. The van der Waals surface area contributed by atoms with Crippen LogP contribution < -0.4 is 5.32 Å². The molecular weight excluding hydrogens is 495 g/mol. The Labute approximate surface area is 181 Å². The molecule has 0 saturated heterocycles. The first-order chi connectivity index (χ1) is 13.9. The lowest BCUT2D eigenvalue weighted by Gasteiger charge is -2.07. The molecule has 2 aromatic heterocycles. The van der Waals surface area contributed by atoms with Crippen LogP contribution in [0.2, 0.25) is 0 Å². The molecule has 1 amide bonds. The summed E-state index contributed by atoms with van der Waals surface area (Å²) in [5.41, 5.74) is -1.54. The highest BCUT2D eigenvalue weighted by Crippen LogP contribution is 2.38. The summed E-state index contributed by atoms with van der Waals surface area (Å²) in [5, 5.41) is 5.90. The number of rotatable bonds is 6. The minimum atomic E-state index is -4.74. The third-order valence-electron chi connectivity index (χ3n) is 3.86. The number of anilines is 1. The largest absolute Gasteiger partial charge is 0.465 e. The van der Waals surface area contributed by atoms with Gasteiger partial charge in [0, 0.05) is 7.05 Å². The van der Waals surface area contributed by atoms with Crippen LogP contribution in [-0.4, -0.2) is 41.3 Å². The number of nitrogens with zero attached hydrogens (tertiary/aromatic N) is 2. The lowest BCUT2D eigenvalue weighted by Crippen LogP contribution is -2.16. The summed E-state index contributed by atoms with van der Waals surface area (Å²) in [6, 6.07) is 0. The predicted molar refractivity (Wildman–Crippen MR) is 105 cm³/mol. The zero-order valence-corrected chi connectivity index (χ0v) is 18.7. The molecule has 0 aliphatic heterocycles. The molecule has 0 atom stereocenters. The summed E-state index contributed by atoms with van der Waals surface area (Å²) in [6.07, 6.45) is -4.20. The van der Waals surface area contributed by atoms with Crippen molar-refractivity contribution in [3.05, 3.63) is 31.9 Å². The van der Waals surface area contributed by atoms with Crippen molar-refractivity contribution < 1.29 is 37.0 Å². The van der Waals surface area contributed by atoms with Crippen molar-refractivity contribution >= 4 is 50.1 Å². The first-order valence-electron chi connectivity index (χ1n) is 8.43. The van der Waals surface area contributed by atoms with Crippen LogP contribution in [0.15, 0.2) is 4.47 Å². The molecule has 0 aliphatic rings. The van der Waals surface area contributed by atoms with E-state index < -0.39 is 39.9 Å². The van der Waals surface area contributed by atoms with Gasteiger partial charge in [0.15, 0.2) is 11.4 Å². The van der Waals surface area contributed by atoms with Crippen LogP contribution in [0.1, 0.15) is 55.1 Å². The number of hydrogen-bond donors (Lipinski definition) is 1. The number of nitrogens with one attached hydrogen (secondary N) is 1. The molecule has 0 saturated carbocycles. The molecule has 0 fully saturated rings. The van der Waals surface area contributed by atoms with E-state index in [1.54, 1.807) is 6.92 Å². The van der Waals surface area contributed by atoms with Crippen LogP contribution in [0.3, 0.4) is 0 Å². The summed E-state index contributed by atoms with van der Waals surface area (Å²) < 4.78 is 49.2. The van der Waals surface area contributed by atoms with Crippen LogP contribution in [0.5, 0.6) is 0 Å². The van der Waals surface area contributed by atoms with Gasteiger partial charge in [-0.15, -0.1) is 11.3 Å². The predicted octanol–water partition coefficient (Wildman–Crippen LogP) is 4.18. The minimum Gasteiger partial charge on any atom is -0.465 e. The lowest BCUT2D eigenvalue weighted by molar-refractivity contribution is -0.144. The van der Waals surface area contributed by atoms with E-state index in [9.17, 15) is 27.6 Å². The molecule has 8 nitrogen and oxygen atoms in total. The van der Waals surface area contributed by atoms with Gasteiger partial charge in [-0.25, -0.2) is 9.59 Å². The quantitative estimate of drug-likeness (QED) is 0.584. The molecular formula is C17H17BrF3N3O5S. The first-order valence-corrected chi connectivity index (χ1v) is 10.0. The summed E-state index contributed by atoms with van der Waals surface area (Å²) in [4.78, 5) is 37.1. The average Bonchev–Trinajstić information content (AvgIpc) is 3.14. The Balaban J connectivity index is 2.48. The number of carbonyl (C=O) groups excluding carboxylic acids is 3. The van der Waals surface area contributed by atoms with Gasteiger partial charge < -0.3 is 14.8 Å². The average molecular weight is 512 g/mol. The van der Waals surface area contributed by atoms with E-state index in [0.29, 0.717) is 11.1 Å². The fourth-order valence-electron chi connectivity index (χ4n) is 2.52. The fourth-order valence-corrected chi connectivity index (χ4v) is 4.36. The Hall–Kier alpha value is -2.41. The third kappa shape index (κ3) is 4.67. The van der Waals surface area contributed by atoms with Crippen molar-refractivity contribution in [3.8, 4) is 0 Å². The molecule has 0 radical (unpaired) electrons. The van der Waals surface area contributed by atoms with E-state index in [2.05, 4.69) is 31.1 Å². The summed E-state index contributed by atoms with van der Waals surface area (Å²) in [6.45, 7) is 3.36. The molecule has 0 aliphatic carbocycles. The van der Waals surface area contributed by atoms with Gasteiger partial charge in [0.2, 0.25) is 0 Å². The molecule has 2 heterocycles. The number of hydrogen-bond acceptors (Lipinski definition) is 7. The van der Waals surface area contributed by atoms with Gasteiger partial charge in [-0.2, -0.15) is 18.3 Å². The molecule has 2 rings (SSSR count). The van der Waals surface area contributed by atoms with Gasteiger partial charge in [0.1, 0.15) is 9.88 Å². The second kappa shape index (κ2) is 9.16. The van der Waals surface area contributed by atoms with Crippen LogP contribution in [0.4, 0.5) is 18.2 Å². The van der Waals surface area contributed by atoms with Crippen LogP contribution in [-0.2, 0) is 22.7 Å². The van der Waals surface area contributed by atoms with E-state index in [4.69, 9.17) is 4.74 Å². The summed E-state index contributed by atoms with van der Waals surface area (Å²) >= 11 is 3.51. The molecule has 2 aromatic rings. The Kier molecular flexibility index (Phi) is 7.29.